The summed E-state index contributed by atoms with van der Waals surface area (Å²) in [5, 5.41) is 5.08. The molecule has 1 aliphatic rings. The molecule has 0 unspecified atom stereocenters. The number of para-hydroxylation sites is 1. The molecule has 8 heteroatoms. The summed E-state index contributed by atoms with van der Waals surface area (Å²) in [6.45, 7) is -0.502. The fraction of sp³-hybridized carbons (Fsp3) is 0.421. The van der Waals surface area contributed by atoms with Crippen LogP contribution in [-0.2, 0) is 14.3 Å². The van der Waals surface area contributed by atoms with Crippen molar-refractivity contribution >= 4 is 29.5 Å². The molecule has 0 aromatic heterocycles. The van der Waals surface area contributed by atoms with E-state index in [9.17, 15) is 14.4 Å². The van der Waals surface area contributed by atoms with Crippen LogP contribution in [0.4, 0.5) is 4.79 Å². The highest BCUT2D eigenvalue weighted by Gasteiger charge is 2.12. The first-order chi connectivity index (χ1) is 13.0. The molecule has 0 heterocycles. The van der Waals surface area contributed by atoms with E-state index in [1.165, 1.54) is 18.4 Å². The smallest absolute Gasteiger partial charge is 0.344 e. The van der Waals surface area contributed by atoms with E-state index >= 15 is 0 Å². The number of halogens is 1. The van der Waals surface area contributed by atoms with Gasteiger partial charge in [-0.05, 0) is 44.2 Å². The molecule has 0 aliphatic heterocycles. The van der Waals surface area contributed by atoms with Crippen LogP contribution in [0.2, 0.25) is 5.02 Å². The molecule has 7 nitrogen and oxygen atoms in total. The number of hydrogen-bond acceptors (Lipinski definition) is 5. The van der Waals surface area contributed by atoms with Crippen molar-refractivity contribution in [3.63, 3.8) is 0 Å². The Balaban J connectivity index is 1.57. The van der Waals surface area contributed by atoms with Crippen LogP contribution in [0.25, 0.3) is 0 Å². The van der Waals surface area contributed by atoms with Gasteiger partial charge in [0.2, 0.25) is 0 Å². The third kappa shape index (κ3) is 8.13. The van der Waals surface area contributed by atoms with E-state index in [0.29, 0.717) is 17.3 Å². The summed E-state index contributed by atoms with van der Waals surface area (Å²) in [5.41, 5.74) is 1.33. The number of rotatable bonds is 8. The Bertz CT molecular complexity index is 705. The number of benzene rings is 1. The highest BCUT2D eigenvalue weighted by Crippen LogP contribution is 2.22. The molecule has 3 amide bonds. The van der Waals surface area contributed by atoms with Crippen LogP contribution in [0.5, 0.6) is 5.75 Å². The normalized spacial score (nSPS) is 13.3. The van der Waals surface area contributed by atoms with Crippen molar-refractivity contribution in [1.29, 1.82) is 0 Å². The average molecular weight is 395 g/mol. The van der Waals surface area contributed by atoms with Gasteiger partial charge in [-0.2, -0.15) is 0 Å². The number of allylic oxidation sites excluding steroid dienone is 1. The molecule has 27 heavy (non-hydrogen) atoms. The van der Waals surface area contributed by atoms with Crippen molar-refractivity contribution in [2.45, 2.75) is 32.1 Å². The molecule has 0 fully saturated rings. The lowest BCUT2D eigenvalue weighted by molar-refractivity contribution is -0.150. The monoisotopic (exact) mass is 394 g/mol. The second-order valence-corrected chi connectivity index (χ2v) is 6.45. The molecule has 146 valence electrons. The molecule has 2 rings (SSSR count). The first kappa shape index (κ1) is 20.8. The topological polar surface area (TPSA) is 93.7 Å². The zero-order valence-corrected chi connectivity index (χ0v) is 15.7. The molecule has 0 spiro atoms. The van der Waals surface area contributed by atoms with Crippen molar-refractivity contribution in [2.75, 3.05) is 19.8 Å². The van der Waals surface area contributed by atoms with Gasteiger partial charge in [0.1, 0.15) is 5.75 Å². The lowest BCUT2D eigenvalue weighted by Gasteiger charge is -2.13. The van der Waals surface area contributed by atoms with Gasteiger partial charge >= 0.3 is 12.0 Å². The molecule has 0 atom stereocenters. The van der Waals surface area contributed by atoms with Gasteiger partial charge in [-0.25, -0.2) is 9.59 Å². The zero-order chi connectivity index (χ0) is 19.5. The Morgan fingerprint density at radius 3 is 2.67 bits per heavy atom. The molecule has 1 aromatic rings. The Kier molecular flexibility index (Phi) is 8.64. The predicted molar refractivity (Wildman–Crippen MR) is 101 cm³/mol. The summed E-state index contributed by atoms with van der Waals surface area (Å²) in [7, 11) is 0. The van der Waals surface area contributed by atoms with Gasteiger partial charge in [-0.15, -0.1) is 0 Å². The number of hydrogen-bond donors (Lipinski definition) is 2. The third-order valence-corrected chi connectivity index (χ3v) is 4.23. The van der Waals surface area contributed by atoms with Gasteiger partial charge < -0.3 is 14.8 Å². The second-order valence-electron chi connectivity index (χ2n) is 6.04. The molecule has 2 N–H and O–H groups in total. The van der Waals surface area contributed by atoms with E-state index in [-0.39, 0.29) is 0 Å². The largest absolute Gasteiger partial charge is 0.480 e. The van der Waals surface area contributed by atoms with Crippen molar-refractivity contribution in [1.82, 2.24) is 10.6 Å². The van der Waals surface area contributed by atoms with Gasteiger partial charge in [-0.1, -0.05) is 35.4 Å². The molecule has 0 saturated heterocycles. The van der Waals surface area contributed by atoms with Crippen LogP contribution in [0.1, 0.15) is 32.1 Å². The molecule has 0 saturated carbocycles. The summed E-state index contributed by atoms with van der Waals surface area (Å²) in [5.74, 6) is -1.11. The lowest BCUT2D eigenvalue weighted by atomic mass is 9.97. The standard InChI is InChI=1S/C19H23ClN2O5/c20-15-8-4-5-9-16(15)26-13-18(24)27-12-17(23)22-19(25)21-11-10-14-6-2-1-3-7-14/h4-6,8-9H,1-3,7,10-13H2,(H2,21,22,23,25). The summed E-state index contributed by atoms with van der Waals surface area (Å²) in [4.78, 5) is 34.9. The summed E-state index contributed by atoms with van der Waals surface area (Å²) >= 11 is 5.89. The van der Waals surface area contributed by atoms with E-state index in [1.807, 2.05) is 0 Å². The quantitative estimate of drug-likeness (QED) is 0.522. The number of carbonyl (C=O) groups excluding carboxylic acids is 3. The highest BCUT2D eigenvalue weighted by atomic mass is 35.5. The van der Waals surface area contributed by atoms with Crippen molar-refractivity contribution in [3.8, 4) is 5.75 Å². The number of imide groups is 1. The molecule has 1 aliphatic carbocycles. The maximum absolute atomic E-state index is 11.6. The minimum Gasteiger partial charge on any atom is -0.480 e. The molecule has 0 bridgehead atoms. The van der Waals surface area contributed by atoms with E-state index in [0.717, 1.165) is 19.3 Å². The average Bonchev–Trinajstić information content (AvgIpc) is 2.66. The number of carbonyl (C=O) groups is 3. The van der Waals surface area contributed by atoms with E-state index in [4.69, 9.17) is 21.1 Å². The number of urea groups is 1. The van der Waals surface area contributed by atoms with Crippen LogP contribution in [0.15, 0.2) is 35.9 Å². The van der Waals surface area contributed by atoms with Gasteiger partial charge in [0.25, 0.3) is 5.91 Å². The maximum Gasteiger partial charge on any atom is 0.344 e. The Labute approximate surface area is 163 Å². The minimum atomic E-state index is -0.741. The van der Waals surface area contributed by atoms with Crippen LogP contribution in [0.3, 0.4) is 0 Å². The Hall–Kier alpha value is -2.54. The first-order valence-corrected chi connectivity index (χ1v) is 9.21. The van der Waals surface area contributed by atoms with E-state index < -0.39 is 31.1 Å². The number of nitrogens with one attached hydrogen (secondary N) is 2. The van der Waals surface area contributed by atoms with Crippen LogP contribution < -0.4 is 15.4 Å². The van der Waals surface area contributed by atoms with Crippen LogP contribution >= 0.6 is 11.6 Å². The fourth-order valence-corrected chi connectivity index (χ4v) is 2.75. The van der Waals surface area contributed by atoms with E-state index in [1.54, 1.807) is 24.3 Å². The van der Waals surface area contributed by atoms with Gasteiger partial charge in [0.15, 0.2) is 13.2 Å². The number of esters is 1. The van der Waals surface area contributed by atoms with Crippen LogP contribution in [-0.4, -0.2) is 37.7 Å². The van der Waals surface area contributed by atoms with Gasteiger partial charge in [0.05, 0.1) is 5.02 Å². The molecular formula is C19H23ClN2O5. The second kappa shape index (κ2) is 11.2. The third-order valence-electron chi connectivity index (χ3n) is 3.92. The van der Waals surface area contributed by atoms with Crippen molar-refractivity contribution < 1.29 is 23.9 Å². The van der Waals surface area contributed by atoms with Gasteiger partial charge in [-0.3, -0.25) is 10.1 Å². The summed E-state index contributed by atoms with van der Waals surface area (Å²) in [6, 6.07) is 6.06. The minimum absolute atomic E-state index is 0.341. The Morgan fingerprint density at radius 1 is 1.11 bits per heavy atom. The predicted octanol–water partition coefficient (Wildman–Crippen LogP) is 2.98. The maximum atomic E-state index is 11.6. The Morgan fingerprint density at radius 2 is 1.93 bits per heavy atom. The highest BCUT2D eigenvalue weighted by molar-refractivity contribution is 6.32. The SMILES string of the molecule is O=C(COC(=O)COc1ccccc1Cl)NC(=O)NCCC1=CCCCC1. The molecular weight excluding hydrogens is 372 g/mol. The number of ether oxygens (including phenoxy) is 2. The molecule has 0 radical (unpaired) electrons. The summed E-state index contributed by atoms with van der Waals surface area (Å²) in [6.07, 6.45) is 7.53. The molecule has 1 aromatic carbocycles. The van der Waals surface area contributed by atoms with E-state index in [2.05, 4.69) is 16.7 Å². The van der Waals surface area contributed by atoms with Crippen LogP contribution in [0, 0.1) is 0 Å². The number of amides is 3. The lowest BCUT2D eigenvalue weighted by Crippen LogP contribution is -2.42. The fourth-order valence-electron chi connectivity index (χ4n) is 2.56. The zero-order valence-electron chi connectivity index (χ0n) is 15.0. The first-order valence-electron chi connectivity index (χ1n) is 8.83. The van der Waals surface area contributed by atoms with Crippen molar-refractivity contribution in [2.24, 2.45) is 0 Å². The van der Waals surface area contributed by atoms with Gasteiger partial charge in [0, 0.05) is 6.54 Å². The summed E-state index contributed by atoms with van der Waals surface area (Å²) < 4.78 is 9.96. The van der Waals surface area contributed by atoms with Crippen molar-refractivity contribution in [3.05, 3.63) is 40.9 Å².